The van der Waals surface area contributed by atoms with E-state index >= 15 is 0 Å². The highest BCUT2D eigenvalue weighted by Crippen LogP contribution is 2.51. The average molecular weight is 678 g/mol. The van der Waals surface area contributed by atoms with Gasteiger partial charge in [-0.15, -0.1) is 11.3 Å². The number of fused-ring (bicyclic) bond motifs is 8. The molecule has 0 bridgehead atoms. The van der Waals surface area contributed by atoms with Crippen LogP contribution in [0.1, 0.15) is 25.0 Å². The van der Waals surface area contributed by atoms with Crippen molar-refractivity contribution >= 4 is 81.7 Å². The second-order valence-corrected chi connectivity index (χ2v) is 15.5. The van der Waals surface area contributed by atoms with Crippen molar-refractivity contribution in [2.75, 3.05) is 4.90 Å². The van der Waals surface area contributed by atoms with Crippen LogP contribution in [-0.4, -0.2) is 0 Å². The number of para-hydroxylation sites is 1. The second kappa shape index (κ2) is 11.1. The molecule has 9 aromatic rings. The number of hydrogen-bond donors (Lipinski definition) is 0. The van der Waals surface area contributed by atoms with Crippen LogP contribution in [0.2, 0.25) is 5.02 Å². The van der Waals surface area contributed by atoms with Crippen molar-refractivity contribution in [3.05, 3.63) is 174 Å². The molecule has 50 heavy (non-hydrogen) atoms. The first-order valence-corrected chi connectivity index (χ1v) is 18.3. The molecule has 0 amide bonds. The van der Waals surface area contributed by atoms with Crippen molar-refractivity contribution in [2.45, 2.75) is 19.3 Å². The topological polar surface area (TPSA) is 3.24 Å². The first-order chi connectivity index (χ1) is 24.4. The summed E-state index contributed by atoms with van der Waals surface area (Å²) >= 11 is 8.82. The SMILES string of the molecule is CC1(C)c2cc3ccccc3cc2-c2cc3cc(-c4cc(Cl)cc(N(c5ccccc5)c5ccc6sc7ccccc7c6c5)c4)ccc3cc21. The van der Waals surface area contributed by atoms with E-state index in [4.69, 9.17) is 11.6 Å². The van der Waals surface area contributed by atoms with Crippen molar-refractivity contribution in [1.82, 2.24) is 0 Å². The Labute approximate surface area is 300 Å². The van der Waals surface area contributed by atoms with Gasteiger partial charge in [0.05, 0.1) is 0 Å². The molecule has 1 aromatic heterocycles. The predicted octanol–water partition coefficient (Wildman–Crippen LogP) is 14.5. The van der Waals surface area contributed by atoms with Crippen molar-refractivity contribution in [2.24, 2.45) is 0 Å². The lowest BCUT2D eigenvalue weighted by molar-refractivity contribution is 0.662. The summed E-state index contributed by atoms with van der Waals surface area (Å²) in [5, 5.41) is 8.32. The molecule has 0 saturated carbocycles. The molecule has 3 heteroatoms. The molecule has 1 aliphatic rings. The first-order valence-electron chi connectivity index (χ1n) is 17.1. The third-order valence-corrected chi connectivity index (χ3v) is 12.0. The molecule has 0 saturated heterocycles. The van der Waals surface area contributed by atoms with Crippen molar-refractivity contribution < 1.29 is 0 Å². The Balaban J connectivity index is 1.11. The fraction of sp³-hybridized carbons (Fsp3) is 0.0638. The van der Waals surface area contributed by atoms with Gasteiger partial charge in [-0.2, -0.15) is 0 Å². The molecule has 0 spiro atoms. The quantitative estimate of drug-likeness (QED) is 0.179. The van der Waals surface area contributed by atoms with Gasteiger partial charge in [0.25, 0.3) is 0 Å². The zero-order valence-corrected chi connectivity index (χ0v) is 29.3. The van der Waals surface area contributed by atoms with Crippen LogP contribution >= 0.6 is 22.9 Å². The number of rotatable bonds is 4. The van der Waals surface area contributed by atoms with Crippen LogP contribution in [0.3, 0.4) is 0 Å². The Morgan fingerprint density at radius 3 is 1.92 bits per heavy atom. The van der Waals surface area contributed by atoms with E-state index in [1.807, 2.05) is 11.3 Å². The third-order valence-electron chi connectivity index (χ3n) is 10.6. The second-order valence-electron chi connectivity index (χ2n) is 14.0. The summed E-state index contributed by atoms with van der Waals surface area (Å²) < 4.78 is 2.59. The van der Waals surface area contributed by atoms with Gasteiger partial charge in [-0.05, 0) is 140 Å². The molecule has 0 N–H and O–H groups in total. The standard InChI is InChI=1S/C47H32ClNS/c1-47(2)43-25-30-11-7-6-10-29(30)23-40(43)41-24-33-20-31(16-17-32(33)26-44(41)47)34-21-35(48)27-38(22-34)49(36-12-4-3-5-13-36)37-18-19-46-42(28-37)39-14-8-9-15-45(39)50-46/h3-28H,1-2H3. The summed E-state index contributed by atoms with van der Waals surface area (Å²) in [4.78, 5) is 2.32. The highest BCUT2D eigenvalue weighted by atomic mass is 35.5. The van der Waals surface area contributed by atoms with Crippen molar-refractivity contribution in [3.8, 4) is 22.3 Å². The highest BCUT2D eigenvalue weighted by molar-refractivity contribution is 7.25. The maximum Gasteiger partial charge on any atom is 0.0482 e. The molecule has 238 valence electrons. The lowest BCUT2D eigenvalue weighted by atomic mass is 9.81. The van der Waals surface area contributed by atoms with Crippen LogP contribution < -0.4 is 4.90 Å². The van der Waals surface area contributed by atoms with Gasteiger partial charge < -0.3 is 4.90 Å². The first kappa shape index (κ1) is 29.5. The van der Waals surface area contributed by atoms with E-state index in [0.29, 0.717) is 5.02 Å². The van der Waals surface area contributed by atoms with Crippen LogP contribution in [0.15, 0.2) is 158 Å². The highest BCUT2D eigenvalue weighted by Gasteiger charge is 2.36. The van der Waals surface area contributed by atoms with Crippen molar-refractivity contribution in [1.29, 1.82) is 0 Å². The lowest BCUT2D eigenvalue weighted by Crippen LogP contribution is -2.14. The monoisotopic (exact) mass is 677 g/mol. The van der Waals surface area contributed by atoms with Gasteiger partial charge in [0.1, 0.15) is 0 Å². The number of anilines is 3. The predicted molar refractivity (Wildman–Crippen MR) is 217 cm³/mol. The van der Waals surface area contributed by atoms with E-state index in [-0.39, 0.29) is 5.41 Å². The van der Waals surface area contributed by atoms with Gasteiger partial charge in [0.15, 0.2) is 0 Å². The molecule has 1 heterocycles. The van der Waals surface area contributed by atoms with E-state index < -0.39 is 0 Å². The zero-order valence-electron chi connectivity index (χ0n) is 27.7. The molecule has 8 aromatic carbocycles. The Kier molecular flexibility index (Phi) is 6.52. The maximum atomic E-state index is 6.98. The number of nitrogens with zero attached hydrogens (tertiary/aromatic N) is 1. The minimum Gasteiger partial charge on any atom is -0.310 e. The third kappa shape index (κ3) is 4.60. The minimum atomic E-state index is -0.0668. The molecule has 1 nitrogen and oxygen atoms in total. The minimum absolute atomic E-state index is 0.0668. The molecule has 0 unspecified atom stereocenters. The van der Waals surface area contributed by atoms with Gasteiger partial charge >= 0.3 is 0 Å². The molecule has 0 fully saturated rings. The molecular formula is C47H32ClNS. The number of benzene rings is 8. The number of halogens is 1. The van der Waals surface area contributed by atoms with E-state index in [1.54, 1.807) is 0 Å². The van der Waals surface area contributed by atoms with E-state index in [2.05, 4.69) is 176 Å². The molecule has 0 radical (unpaired) electrons. The summed E-state index contributed by atoms with van der Waals surface area (Å²) in [7, 11) is 0. The van der Waals surface area contributed by atoms with E-state index in [1.165, 1.54) is 64.0 Å². The Morgan fingerprint density at radius 2 is 1.12 bits per heavy atom. The molecular weight excluding hydrogens is 646 g/mol. The Morgan fingerprint density at radius 1 is 0.460 bits per heavy atom. The Bertz CT molecular complexity index is 2810. The fourth-order valence-corrected chi connectivity index (χ4v) is 9.41. The van der Waals surface area contributed by atoms with Gasteiger partial charge in [-0.1, -0.05) is 98.2 Å². The summed E-state index contributed by atoms with van der Waals surface area (Å²) in [5.74, 6) is 0. The van der Waals surface area contributed by atoms with Crippen LogP contribution in [-0.2, 0) is 5.41 Å². The van der Waals surface area contributed by atoms with Crippen molar-refractivity contribution in [3.63, 3.8) is 0 Å². The normalized spacial score (nSPS) is 13.3. The summed E-state index contributed by atoms with van der Waals surface area (Å²) in [6.45, 7) is 4.72. The molecule has 10 rings (SSSR count). The van der Waals surface area contributed by atoms with Crippen LogP contribution in [0.25, 0.3) is 64.0 Å². The summed E-state index contributed by atoms with van der Waals surface area (Å²) in [5.41, 5.74) is 10.8. The zero-order chi connectivity index (χ0) is 33.6. The molecule has 1 aliphatic carbocycles. The summed E-state index contributed by atoms with van der Waals surface area (Å²) in [6, 6.07) is 57.6. The number of hydrogen-bond acceptors (Lipinski definition) is 2. The lowest BCUT2D eigenvalue weighted by Gasteiger charge is -2.26. The number of thiophene rings is 1. The maximum absolute atomic E-state index is 6.98. The van der Waals surface area contributed by atoms with Crippen LogP contribution in [0.4, 0.5) is 17.1 Å². The average Bonchev–Trinajstić information content (AvgIpc) is 3.61. The van der Waals surface area contributed by atoms with E-state index in [0.717, 1.165) is 28.2 Å². The molecule has 0 aliphatic heterocycles. The van der Waals surface area contributed by atoms with E-state index in [9.17, 15) is 0 Å². The fourth-order valence-electron chi connectivity index (χ4n) is 8.09. The van der Waals surface area contributed by atoms with Gasteiger partial charge in [0.2, 0.25) is 0 Å². The smallest absolute Gasteiger partial charge is 0.0482 e. The van der Waals surface area contributed by atoms with Gasteiger partial charge in [-0.3, -0.25) is 0 Å². The summed E-state index contributed by atoms with van der Waals surface area (Å²) in [6.07, 6.45) is 0. The van der Waals surface area contributed by atoms with Crippen LogP contribution in [0.5, 0.6) is 0 Å². The van der Waals surface area contributed by atoms with Gasteiger partial charge in [0, 0.05) is 47.7 Å². The van der Waals surface area contributed by atoms with Crippen LogP contribution in [0, 0.1) is 0 Å². The molecule has 0 atom stereocenters. The Hall–Kier alpha value is -5.41. The largest absolute Gasteiger partial charge is 0.310 e. The van der Waals surface area contributed by atoms with Gasteiger partial charge in [-0.25, -0.2) is 0 Å².